The zero-order valence-electron chi connectivity index (χ0n) is 22.5. The number of aliphatic carboxylic acids is 1. The van der Waals surface area contributed by atoms with Gasteiger partial charge in [0, 0.05) is 17.3 Å². The fourth-order valence-electron chi connectivity index (χ4n) is 7.92. The van der Waals surface area contributed by atoms with Crippen molar-refractivity contribution >= 4 is 28.3 Å². The van der Waals surface area contributed by atoms with E-state index in [4.69, 9.17) is 0 Å². The van der Waals surface area contributed by atoms with Crippen molar-refractivity contribution in [3.05, 3.63) is 77.4 Å². The number of hydrogen-bond acceptors (Lipinski definition) is 4. The number of fused-ring (bicyclic) bond motifs is 3. The highest BCUT2D eigenvalue weighted by atomic mass is 19.4. The van der Waals surface area contributed by atoms with Crippen molar-refractivity contribution in [2.45, 2.75) is 63.4 Å². The molecule has 0 aliphatic heterocycles. The number of anilines is 1. The molecule has 5 unspecified atom stereocenters. The van der Waals surface area contributed by atoms with Gasteiger partial charge in [-0.3, -0.25) is 4.79 Å². The summed E-state index contributed by atoms with van der Waals surface area (Å²) in [4.78, 5) is 26.5. The predicted molar refractivity (Wildman–Crippen MR) is 148 cm³/mol. The molecular weight excluding hydrogens is 533 g/mol. The Hall–Kier alpha value is -3.59. The van der Waals surface area contributed by atoms with Crippen LogP contribution in [-0.2, 0) is 17.5 Å². The van der Waals surface area contributed by atoms with Crippen LogP contribution in [0.5, 0.6) is 0 Å². The lowest BCUT2D eigenvalue weighted by Crippen LogP contribution is -2.60. The molecule has 3 aliphatic carbocycles. The highest BCUT2D eigenvalue weighted by molar-refractivity contribution is 6.09. The zero-order chi connectivity index (χ0) is 28.9. The van der Waals surface area contributed by atoms with Crippen LogP contribution in [0.15, 0.2) is 60.7 Å². The summed E-state index contributed by atoms with van der Waals surface area (Å²) in [5.74, 6) is -0.846. The summed E-state index contributed by atoms with van der Waals surface area (Å²) < 4.78 is 39.0. The van der Waals surface area contributed by atoms with Gasteiger partial charge in [-0.25, -0.2) is 4.79 Å². The van der Waals surface area contributed by atoms with Crippen LogP contribution >= 0.6 is 0 Å². The molecule has 6 atom stereocenters. The predicted octanol–water partition coefficient (Wildman–Crippen LogP) is 6.23. The molecule has 3 saturated carbocycles. The second-order valence-corrected chi connectivity index (χ2v) is 12.1. The second kappa shape index (κ2) is 10.4. The molecule has 216 valence electrons. The Kier molecular flexibility index (Phi) is 6.96. The molecule has 0 heterocycles. The van der Waals surface area contributed by atoms with Gasteiger partial charge in [-0.05, 0) is 85.4 Å². The monoisotopic (exact) mass is 566 g/mol. The first-order valence-electron chi connectivity index (χ1n) is 14.2. The van der Waals surface area contributed by atoms with Gasteiger partial charge in [-0.2, -0.15) is 13.2 Å². The van der Waals surface area contributed by atoms with Gasteiger partial charge in [0.05, 0.1) is 22.9 Å². The van der Waals surface area contributed by atoms with E-state index in [0.29, 0.717) is 36.9 Å². The standard InChI is InChI=1S/C32H33F3N2O4/c33-32(34,35)22-8-5-18(6-9-22)17-36-27-24-4-2-1-3-20(24)7-10-25(27)29(39)37-28(30(40)41)31-12-11-23-21(16-31)13-19(15-31)14-26(23)38/h1-10,19,21,23,26,28,36,38H,11-17H2,(H,37,39)(H,40,41)/t19?,21?,23?,26?,28-,31?/m1/s1. The molecule has 0 aromatic heterocycles. The number of alkyl halides is 3. The molecule has 1 amide bonds. The number of carbonyl (C=O) groups excluding carboxylic acids is 1. The summed E-state index contributed by atoms with van der Waals surface area (Å²) in [6.45, 7) is 0.172. The number of carbonyl (C=O) groups is 2. The highest BCUT2D eigenvalue weighted by Crippen LogP contribution is 2.59. The molecule has 3 aliphatic rings. The summed E-state index contributed by atoms with van der Waals surface area (Å²) in [7, 11) is 0. The number of carboxylic acid groups (broad SMARTS) is 1. The van der Waals surface area contributed by atoms with Crippen LogP contribution < -0.4 is 10.6 Å². The highest BCUT2D eigenvalue weighted by Gasteiger charge is 2.56. The van der Waals surface area contributed by atoms with Crippen molar-refractivity contribution in [1.29, 1.82) is 0 Å². The van der Waals surface area contributed by atoms with E-state index in [1.807, 2.05) is 24.3 Å². The lowest BCUT2D eigenvalue weighted by Gasteiger charge is -2.57. The number of aliphatic hydroxyl groups excluding tert-OH is 1. The molecule has 3 fully saturated rings. The number of halogens is 3. The lowest BCUT2D eigenvalue weighted by molar-refractivity contribution is -0.153. The van der Waals surface area contributed by atoms with E-state index in [0.717, 1.165) is 35.7 Å². The van der Waals surface area contributed by atoms with E-state index in [9.17, 15) is 33.0 Å². The van der Waals surface area contributed by atoms with Crippen LogP contribution in [0.2, 0.25) is 0 Å². The first-order valence-corrected chi connectivity index (χ1v) is 14.2. The third kappa shape index (κ3) is 5.16. The molecular formula is C32H33F3N2O4. The van der Waals surface area contributed by atoms with Crippen LogP contribution in [0.3, 0.4) is 0 Å². The number of rotatable bonds is 7. The van der Waals surface area contributed by atoms with E-state index < -0.39 is 35.1 Å². The summed E-state index contributed by atoms with van der Waals surface area (Å²) in [5.41, 5.74) is 0.0808. The number of carboxylic acids is 1. The van der Waals surface area contributed by atoms with Crippen molar-refractivity contribution in [2.24, 2.45) is 23.2 Å². The molecule has 3 aromatic rings. The Morgan fingerprint density at radius 2 is 1.76 bits per heavy atom. The van der Waals surface area contributed by atoms with Gasteiger partial charge in [0.1, 0.15) is 6.04 Å². The first kappa shape index (κ1) is 27.6. The van der Waals surface area contributed by atoms with E-state index in [1.165, 1.54) is 12.1 Å². The van der Waals surface area contributed by atoms with Gasteiger partial charge in [0.2, 0.25) is 0 Å². The third-order valence-electron chi connectivity index (χ3n) is 9.71. The van der Waals surface area contributed by atoms with E-state index >= 15 is 0 Å². The van der Waals surface area contributed by atoms with E-state index in [-0.39, 0.29) is 36.0 Å². The number of benzene rings is 3. The molecule has 9 heteroatoms. The smallest absolute Gasteiger partial charge is 0.416 e. The average molecular weight is 567 g/mol. The maximum Gasteiger partial charge on any atom is 0.416 e. The Morgan fingerprint density at radius 3 is 2.49 bits per heavy atom. The molecule has 6 nitrogen and oxygen atoms in total. The SMILES string of the molecule is O=C(N[C@H](C(=O)O)C12CCC3C(O)CC(CC3C1)C2)c1ccc2ccccc2c1NCc1ccc(C(F)(F)F)cc1. The fourth-order valence-corrected chi connectivity index (χ4v) is 7.92. The Bertz CT molecular complexity index is 1470. The van der Waals surface area contributed by atoms with Crippen LogP contribution in [0.25, 0.3) is 10.8 Å². The molecule has 3 bridgehead atoms. The Morgan fingerprint density at radius 1 is 1.00 bits per heavy atom. The summed E-state index contributed by atoms with van der Waals surface area (Å²) in [6, 6.07) is 14.7. The van der Waals surface area contributed by atoms with Crippen LogP contribution in [-0.4, -0.2) is 34.2 Å². The summed E-state index contributed by atoms with van der Waals surface area (Å²) >= 11 is 0. The summed E-state index contributed by atoms with van der Waals surface area (Å²) in [5, 5.41) is 28.7. The minimum Gasteiger partial charge on any atom is -0.480 e. The normalized spacial score (nSPS) is 27.8. The van der Waals surface area contributed by atoms with Gasteiger partial charge in [-0.15, -0.1) is 0 Å². The second-order valence-electron chi connectivity index (χ2n) is 12.1. The van der Waals surface area contributed by atoms with E-state index in [1.54, 1.807) is 12.1 Å². The van der Waals surface area contributed by atoms with Gasteiger partial charge in [0.25, 0.3) is 5.91 Å². The van der Waals surface area contributed by atoms with Crippen LogP contribution in [0.1, 0.15) is 60.0 Å². The summed E-state index contributed by atoms with van der Waals surface area (Å²) in [6.07, 6.45) is -0.308. The van der Waals surface area contributed by atoms with Gasteiger partial charge in [0.15, 0.2) is 0 Å². The largest absolute Gasteiger partial charge is 0.480 e. The maximum absolute atomic E-state index is 13.8. The number of aliphatic hydroxyl groups is 1. The van der Waals surface area contributed by atoms with Crippen LogP contribution in [0.4, 0.5) is 18.9 Å². The van der Waals surface area contributed by atoms with Crippen LogP contribution in [0, 0.1) is 23.2 Å². The first-order chi connectivity index (χ1) is 19.5. The molecule has 4 N–H and O–H groups in total. The minimum absolute atomic E-state index is 0.172. The zero-order valence-corrected chi connectivity index (χ0v) is 22.5. The minimum atomic E-state index is -4.43. The number of hydrogen-bond donors (Lipinski definition) is 4. The van der Waals surface area contributed by atoms with Crippen molar-refractivity contribution in [2.75, 3.05) is 5.32 Å². The Balaban J connectivity index is 1.28. The molecule has 3 aromatic carbocycles. The number of amides is 1. The molecule has 0 spiro atoms. The fraction of sp³-hybridized carbons (Fsp3) is 0.438. The Labute approximate surface area is 235 Å². The lowest BCUT2D eigenvalue weighted by atomic mass is 9.49. The molecule has 0 radical (unpaired) electrons. The molecule has 6 rings (SSSR count). The number of nitrogens with one attached hydrogen (secondary N) is 2. The van der Waals surface area contributed by atoms with Crippen molar-refractivity contribution in [3.8, 4) is 0 Å². The van der Waals surface area contributed by atoms with E-state index in [2.05, 4.69) is 10.6 Å². The van der Waals surface area contributed by atoms with Gasteiger partial charge < -0.3 is 20.8 Å². The average Bonchev–Trinajstić information content (AvgIpc) is 2.93. The maximum atomic E-state index is 13.8. The third-order valence-corrected chi connectivity index (χ3v) is 9.71. The van der Waals surface area contributed by atoms with Crippen molar-refractivity contribution in [1.82, 2.24) is 5.32 Å². The molecule has 0 saturated heterocycles. The topological polar surface area (TPSA) is 98.7 Å². The molecule has 41 heavy (non-hydrogen) atoms. The van der Waals surface area contributed by atoms with Crippen molar-refractivity contribution < 1.29 is 33.0 Å². The van der Waals surface area contributed by atoms with Crippen molar-refractivity contribution in [3.63, 3.8) is 0 Å². The van der Waals surface area contributed by atoms with Gasteiger partial charge in [-0.1, -0.05) is 42.5 Å². The quantitative estimate of drug-likeness (QED) is 0.272. The van der Waals surface area contributed by atoms with Gasteiger partial charge >= 0.3 is 12.1 Å².